The summed E-state index contributed by atoms with van der Waals surface area (Å²) < 4.78 is 46.4. The van der Waals surface area contributed by atoms with Crippen molar-refractivity contribution in [1.82, 2.24) is 0 Å². The molecular formula is C15H15ClFNO5S2. The van der Waals surface area contributed by atoms with Crippen LogP contribution in [0, 0.1) is 5.82 Å². The number of hydrogen-bond acceptors (Lipinski definition) is 5. The maximum Gasteiger partial charge on any atom is 0.332 e. The molecule has 1 heterocycles. The number of carbonyl (C=O) groups is 1. The number of sulfonamides is 1. The molecule has 1 aliphatic carbocycles. The van der Waals surface area contributed by atoms with Gasteiger partial charge in [0.05, 0.1) is 22.9 Å². The minimum atomic E-state index is -4.08. The Hall–Kier alpha value is -1.29. The van der Waals surface area contributed by atoms with E-state index in [-0.39, 0.29) is 22.7 Å². The Morgan fingerprint density at radius 2 is 2.24 bits per heavy atom. The van der Waals surface area contributed by atoms with Gasteiger partial charge in [0.15, 0.2) is 0 Å². The van der Waals surface area contributed by atoms with Gasteiger partial charge >= 0.3 is 5.97 Å². The molecule has 1 saturated heterocycles. The van der Waals surface area contributed by atoms with Crippen molar-refractivity contribution in [3.8, 4) is 0 Å². The van der Waals surface area contributed by atoms with Crippen LogP contribution in [-0.4, -0.2) is 42.0 Å². The van der Waals surface area contributed by atoms with Crippen LogP contribution in [0.4, 0.5) is 10.1 Å². The molecule has 2 aliphatic rings. The monoisotopic (exact) mass is 407 g/mol. The highest BCUT2D eigenvalue weighted by atomic mass is 35.5. The van der Waals surface area contributed by atoms with Gasteiger partial charge in [-0.1, -0.05) is 11.6 Å². The van der Waals surface area contributed by atoms with E-state index in [1.165, 1.54) is 23.9 Å². The quantitative estimate of drug-likeness (QED) is 0.797. The van der Waals surface area contributed by atoms with Crippen molar-refractivity contribution >= 4 is 45.0 Å². The molecule has 1 aromatic carbocycles. The number of carboxylic acids is 1. The Bertz CT molecular complexity index is 836. The lowest BCUT2D eigenvalue weighted by molar-refractivity contribution is -0.133. The van der Waals surface area contributed by atoms with Gasteiger partial charge in [0.2, 0.25) is 10.0 Å². The smallest absolute Gasteiger partial charge is 0.332 e. The van der Waals surface area contributed by atoms with Gasteiger partial charge in [-0.2, -0.15) is 0 Å². The largest absolute Gasteiger partial charge is 0.478 e. The number of nitrogens with one attached hydrogen (secondary N) is 1. The van der Waals surface area contributed by atoms with Gasteiger partial charge in [0.1, 0.15) is 16.0 Å². The Labute approximate surface area is 153 Å². The number of ether oxygens (including phenoxy) is 1. The molecule has 25 heavy (non-hydrogen) atoms. The van der Waals surface area contributed by atoms with Crippen molar-refractivity contribution in [3.05, 3.63) is 40.7 Å². The van der Waals surface area contributed by atoms with Crippen LogP contribution in [0.2, 0.25) is 5.02 Å². The van der Waals surface area contributed by atoms with Gasteiger partial charge in [0.25, 0.3) is 0 Å². The molecule has 2 unspecified atom stereocenters. The van der Waals surface area contributed by atoms with Crippen LogP contribution in [0.1, 0.15) is 12.8 Å². The standard InChI is InChI=1S/C15H15ClFNO5S2/c16-11-7-9(17)1-2-12(11)18-25(21,22)13-3-4-15(23-5-6-24-15)8-10(13)14(19)20/h1-2,7-8,13,18H,3-6H2,(H,19,20). The van der Waals surface area contributed by atoms with Crippen LogP contribution in [0.5, 0.6) is 0 Å². The van der Waals surface area contributed by atoms with Gasteiger partial charge in [-0.3, -0.25) is 4.72 Å². The third-order valence-corrected chi connectivity index (χ3v) is 7.41. The summed E-state index contributed by atoms with van der Waals surface area (Å²) in [6.45, 7) is 0.495. The van der Waals surface area contributed by atoms with Crippen molar-refractivity contribution in [3.63, 3.8) is 0 Å². The average molecular weight is 408 g/mol. The van der Waals surface area contributed by atoms with Crippen LogP contribution in [0.3, 0.4) is 0 Å². The number of rotatable bonds is 4. The van der Waals surface area contributed by atoms with Gasteiger partial charge in [-0.25, -0.2) is 17.6 Å². The third kappa shape index (κ3) is 3.79. The molecule has 1 aromatic rings. The first-order valence-electron chi connectivity index (χ1n) is 7.43. The van der Waals surface area contributed by atoms with E-state index in [0.29, 0.717) is 13.0 Å². The zero-order chi connectivity index (χ0) is 18.2. The summed E-state index contributed by atoms with van der Waals surface area (Å²) in [7, 11) is -4.08. The number of aliphatic carboxylic acids is 1. The molecule has 0 aromatic heterocycles. The molecule has 3 rings (SSSR count). The second-order valence-electron chi connectivity index (χ2n) is 5.71. The first kappa shape index (κ1) is 18.5. The van der Waals surface area contributed by atoms with Crippen molar-refractivity contribution in [2.24, 2.45) is 0 Å². The summed E-state index contributed by atoms with van der Waals surface area (Å²) in [4.78, 5) is 10.8. The maximum absolute atomic E-state index is 13.1. The normalized spacial score (nSPS) is 26.5. The molecule has 2 N–H and O–H groups in total. The minimum Gasteiger partial charge on any atom is -0.478 e. The summed E-state index contributed by atoms with van der Waals surface area (Å²) in [6.07, 6.45) is 1.88. The SMILES string of the molecule is O=C(O)C1=CC2(CCC1S(=O)(=O)Nc1ccc(F)cc1Cl)OCCS2. The zero-order valence-electron chi connectivity index (χ0n) is 12.9. The Balaban J connectivity index is 1.92. The fraction of sp³-hybridized carbons (Fsp3) is 0.400. The van der Waals surface area contributed by atoms with Gasteiger partial charge in [-0.15, -0.1) is 11.8 Å². The van der Waals surface area contributed by atoms with Gasteiger partial charge in [-0.05, 0) is 37.1 Å². The second-order valence-corrected chi connectivity index (χ2v) is 9.37. The van der Waals surface area contributed by atoms with Gasteiger partial charge < -0.3 is 9.84 Å². The summed E-state index contributed by atoms with van der Waals surface area (Å²) in [5.74, 6) is -1.19. The number of halogens is 2. The lowest BCUT2D eigenvalue weighted by Crippen LogP contribution is -2.40. The van der Waals surface area contributed by atoms with Crippen molar-refractivity contribution < 1.29 is 27.4 Å². The number of carboxylic acid groups (broad SMARTS) is 1. The van der Waals surface area contributed by atoms with Crippen LogP contribution in [0.15, 0.2) is 29.8 Å². The van der Waals surface area contributed by atoms with E-state index < -0.39 is 32.0 Å². The van der Waals surface area contributed by atoms with Crippen LogP contribution < -0.4 is 4.72 Å². The van der Waals surface area contributed by atoms with E-state index in [4.69, 9.17) is 16.3 Å². The summed E-state index contributed by atoms with van der Waals surface area (Å²) in [6, 6.07) is 3.24. The summed E-state index contributed by atoms with van der Waals surface area (Å²) in [5.41, 5.74) is -0.231. The van der Waals surface area contributed by atoms with Crippen LogP contribution in [-0.2, 0) is 19.6 Å². The fourth-order valence-corrected chi connectivity index (χ4v) is 5.89. The van der Waals surface area contributed by atoms with E-state index in [1.54, 1.807) is 0 Å². The molecule has 0 bridgehead atoms. The molecule has 10 heteroatoms. The number of thioether (sulfide) groups is 1. The predicted molar refractivity (Wildman–Crippen MR) is 93.8 cm³/mol. The van der Waals surface area contributed by atoms with E-state index >= 15 is 0 Å². The number of hydrogen-bond donors (Lipinski definition) is 2. The fourth-order valence-electron chi connectivity index (χ4n) is 2.91. The number of benzene rings is 1. The molecule has 2 atom stereocenters. The lowest BCUT2D eigenvalue weighted by atomic mass is 9.96. The highest BCUT2D eigenvalue weighted by Crippen LogP contribution is 2.44. The predicted octanol–water partition coefficient (Wildman–Crippen LogP) is 2.85. The first-order valence-corrected chi connectivity index (χ1v) is 10.3. The molecule has 0 amide bonds. The maximum atomic E-state index is 13.1. The average Bonchev–Trinajstić information content (AvgIpc) is 2.97. The second kappa shape index (κ2) is 6.79. The molecule has 0 radical (unpaired) electrons. The molecule has 1 fully saturated rings. The molecule has 0 saturated carbocycles. The Morgan fingerprint density at radius 1 is 1.48 bits per heavy atom. The molecular weight excluding hydrogens is 393 g/mol. The van der Waals surface area contributed by atoms with Crippen LogP contribution in [0.25, 0.3) is 0 Å². The highest BCUT2D eigenvalue weighted by Gasteiger charge is 2.45. The van der Waals surface area contributed by atoms with Crippen LogP contribution >= 0.6 is 23.4 Å². The minimum absolute atomic E-state index is 0.000386. The zero-order valence-corrected chi connectivity index (χ0v) is 15.3. The topological polar surface area (TPSA) is 92.7 Å². The highest BCUT2D eigenvalue weighted by molar-refractivity contribution is 8.00. The molecule has 136 valence electrons. The molecule has 1 aliphatic heterocycles. The molecule has 6 nitrogen and oxygen atoms in total. The van der Waals surface area contributed by atoms with E-state index in [1.807, 2.05) is 0 Å². The third-order valence-electron chi connectivity index (χ3n) is 4.06. The summed E-state index contributed by atoms with van der Waals surface area (Å²) in [5, 5.41) is 8.12. The Morgan fingerprint density at radius 3 is 2.84 bits per heavy atom. The summed E-state index contributed by atoms with van der Waals surface area (Å²) >= 11 is 7.32. The lowest BCUT2D eigenvalue weighted by Gasteiger charge is -2.32. The molecule has 1 spiro atoms. The van der Waals surface area contributed by atoms with Gasteiger partial charge in [0, 0.05) is 5.75 Å². The number of anilines is 1. The Kier molecular flexibility index (Phi) is 5.02. The van der Waals surface area contributed by atoms with E-state index in [0.717, 1.165) is 17.9 Å². The van der Waals surface area contributed by atoms with E-state index in [2.05, 4.69) is 4.72 Å². The van der Waals surface area contributed by atoms with E-state index in [9.17, 15) is 22.7 Å². The first-order chi connectivity index (χ1) is 11.7. The van der Waals surface area contributed by atoms with Crippen molar-refractivity contribution in [2.45, 2.75) is 23.0 Å². The van der Waals surface area contributed by atoms with Crippen molar-refractivity contribution in [1.29, 1.82) is 0 Å². The van der Waals surface area contributed by atoms with Crippen molar-refractivity contribution in [2.75, 3.05) is 17.1 Å².